The normalized spacial score (nSPS) is 19.1. The molecule has 116 valence electrons. The maximum atomic E-state index is 9.32. The topological polar surface area (TPSA) is 39.1 Å². The molecule has 1 unspecified atom stereocenters. The zero-order valence-corrected chi connectivity index (χ0v) is 13.7. The van der Waals surface area contributed by atoms with E-state index in [1.807, 2.05) is 6.92 Å². The minimum absolute atomic E-state index is 0.333. The standard InChI is InChI=1S/C17H33N3/c1-4-13-19-17(3,15-18)12-8-9-14-20(5-2)16-10-6-7-11-16/h16,19H,4-14H2,1-3H3. The lowest BCUT2D eigenvalue weighted by atomic mass is 9.96. The van der Waals surface area contributed by atoms with Gasteiger partial charge in [-0.15, -0.1) is 0 Å². The van der Waals surface area contributed by atoms with Crippen LogP contribution in [0.3, 0.4) is 0 Å². The molecule has 3 nitrogen and oxygen atoms in total. The van der Waals surface area contributed by atoms with Crippen molar-refractivity contribution in [3.05, 3.63) is 0 Å². The molecule has 0 spiro atoms. The van der Waals surface area contributed by atoms with Gasteiger partial charge in [-0.1, -0.05) is 26.7 Å². The molecule has 0 radical (unpaired) electrons. The van der Waals surface area contributed by atoms with Crippen LogP contribution in [0.25, 0.3) is 0 Å². The van der Waals surface area contributed by atoms with Crippen molar-refractivity contribution in [3.8, 4) is 6.07 Å². The highest BCUT2D eigenvalue weighted by Crippen LogP contribution is 2.24. The second-order valence-corrected chi connectivity index (χ2v) is 6.39. The average molecular weight is 279 g/mol. The maximum absolute atomic E-state index is 9.32. The van der Waals surface area contributed by atoms with E-state index >= 15 is 0 Å². The third-order valence-corrected chi connectivity index (χ3v) is 4.63. The van der Waals surface area contributed by atoms with E-state index in [1.165, 1.54) is 45.2 Å². The lowest BCUT2D eigenvalue weighted by Gasteiger charge is -2.28. The summed E-state index contributed by atoms with van der Waals surface area (Å²) < 4.78 is 0. The van der Waals surface area contributed by atoms with Crippen LogP contribution in [0.5, 0.6) is 0 Å². The molecule has 0 aromatic rings. The van der Waals surface area contributed by atoms with Gasteiger partial charge < -0.3 is 4.90 Å². The van der Waals surface area contributed by atoms with Crippen LogP contribution < -0.4 is 5.32 Å². The predicted molar refractivity (Wildman–Crippen MR) is 85.7 cm³/mol. The molecule has 0 aliphatic heterocycles. The Labute approximate surface area is 125 Å². The SMILES string of the molecule is CCCNC(C)(C#N)CCCCN(CC)C1CCCC1. The van der Waals surface area contributed by atoms with Crippen molar-refractivity contribution >= 4 is 0 Å². The van der Waals surface area contributed by atoms with Crippen molar-refractivity contribution in [3.63, 3.8) is 0 Å². The molecule has 0 amide bonds. The molecule has 3 heteroatoms. The lowest BCUT2D eigenvalue weighted by molar-refractivity contribution is 0.202. The van der Waals surface area contributed by atoms with Crippen molar-refractivity contribution in [1.82, 2.24) is 10.2 Å². The van der Waals surface area contributed by atoms with Gasteiger partial charge in [0.15, 0.2) is 0 Å². The molecule has 0 aromatic heterocycles. The third-order valence-electron chi connectivity index (χ3n) is 4.63. The van der Waals surface area contributed by atoms with Gasteiger partial charge in [0, 0.05) is 6.04 Å². The van der Waals surface area contributed by atoms with E-state index in [9.17, 15) is 5.26 Å². The molecule has 1 aliphatic rings. The van der Waals surface area contributed by atoms with Crippen molar-refractivity contribution in [2.75, 3.05) is 19.6 Å². The van der Waals surface area contributed by atoms with Crippen LogP contribution in [0.1, 0.15) is 72.1 Å². The van der Waals surface area contributed by atoms with E-state index in [4.69, 9.17) is 0 Å². The summed E-state index contributed by atoms with van der Waals surface area (Å²) in [6.07, 6.45) is 10.0. The van der Waals surface area contributed by atoms with Gasteiger partial charge in [0.2, 0.25) is 0 Å². The van der Waals surface area contributed by atoms with E-state index in [1.54, 1.807) is 0 Å². The van der Waals surface area contributed by atoms with Gasteiger partial charge in [0.1, 0.15) is 5.54 Å². The van der Waals surface area contributed by atoms with Crippen LogP contribution in [-0.2, 0) is 0 Å². The van der Waals surface area contributed by atoms with Gasteiger partial charge in [-0.2, -0.15) is 5.26 Å². The smallest absolute Gasteiger partial charge is 0.103 e. The molecular formula is C17H33N3. The van der Waals surface area contributed by atoms with Gasteiger partial charge in [-0.05, 0) is 65.1 Å². The van der Waals surface area contributed by atoms with Crippen LogP contribution in [-0.4, -0.2) is 36.1 Å². The zero-order chi connectivity index (χ0) is 14.8. The van der Waals surface area contributed by atoms with Crippen molar-refractivity contribution in [2.45, 2.75) is 83.7 Å². The van der Waals surface area contributed by atoms with Crippen LogP contribution in [0.2, 0.25) is 0 Å². The van der Waals surface area contributed by atoms with Crippen molar-refractivity contribution in [2.24, 2.45) is 0 Å². The number of nitriles is 1. The second-order valence-electron chi connectivity index (χ2n) is 6.39. The molecule has 0 saturated heterocycles. The minimum atomic E-state index is -0.333. The molecule has 1 atom stereocenters. The highest BCUT2D eigenvalue weighted by molar-refractivity contribution is 5.03. The minimum Gasteiger partial charge on any atom is -0.301 e. The van der Waals surface area contributed by atoms with E-state index < -0.39 is 0 Å². The van der Waals surface area contributed by atoms with Gasteiger partial charge in [0.25, 0.3) is 0 Å². The largest absolute Gasteiger partial charge is 0.301 e. The van der Waals surface area contributed by atoms with E-state index in [0.29, 0.717) is 0 Å². The monoisotopic (exact) mass is 279 g/mol. The molecule has 1 N–H and O–H groups in total. The molecule has 1 fully saturated rings. The Balaban J connectivity index is 2.23. The Bertz CT molecular complexity index is 291. The zero-order valence-electron chi connectivity index (χ0n) is 13.7. The fraction of sp³-hybridized carbons (Fsp3) is 0.941. The molecular weight excluding hydrogens is 246 g/mol. The average Bonchev–Trinajstić information content (AvgIpc) is 2.99. The van der Waals surface area contributed by atoms with Gasteiger partial charge in [-0.3, -0.25) is 5.32 Å². The Kier molecular flexibility index (Phi) is 8.18. The molecule has 1 rings (SSSR count). The number of hydrogen-bond acceptors (Lipinski definition) is 3. The first-order valence-corrected chi connectivity index (χ1v) is 8.55. The van der Waals surface area contributed by atoms with Gasteiger partial charge >= 0.3 is 0 Å². The highest BCUT2D eigenvalue weighted by atomic mass is 15.1. The molecule has 1 aliphatic carbocycles. The summed E-state index contributed by atoms with van der Waals surface area (Å²) >= 11 is 0. The fourth-order valence-corrected chi connectivity index (χ4v) is 3.25. The fourth-order valence-electron chi connectivity index (χ4n) is 3.25. The van der Waals surface area contributed by atoms with Crippen LogP contribution in [0.4, 0.5) is 0 Å². The number of rotatable bonds is 10. The quantitative estimate of drug-likeness (QED) is 0.620. The number of nitrogens with one attached hydrogen (secondary N) is 1. The van der Waals surface area contributed by atoms with E-state index in [-0.39, 0.29) is 5.54 Å². The highest BCUT2D eigenvalue weighted by Gasteiger charge is 2.23. The van der Waals surface area contributed by atoms with Crippen molar-refractivity contribution in [1.29, 1.82) is 5.26 Å². The summed E-state index contributed by atoms with van der Waals surface area (Å²) in [4.78, 5) is 2.65. The summed E-state index contributed by atoms with van der Waals surface area (Å²) in [5.41, 5.74) is -0.333. The van der Waals surface area contributed by atoms with Crippen LogP contribution >= 0.6 is 0 Å². The number of nitrogens with zero attached hydrogens (tertiary/aromatic N) is 2. The first-order valence-electron chi connectivity index (χ1n) is 8.55. The first-order chi connectivity index (χ1) is 9.65. The summed E-state index contributed by atoms with van der Waals surface area (Å²) in [5.74, 6) is 0. The Morgan fingerprint density at radius 2 is 1.95 bits per heavy atom. The van der Waals surface area contributed by atoms with E-state index in [2.05, 4.69) is 30.1 Å². The summed E-state index contributed by atoms with van der Waals surface area (Å²) in [5, 5.41) is 12.7. The van der Waals surface area contributed by atoms with Crippen LogP contribution in [0, 0.1) is 11.3 Å². The predicted octanol–water partition coefficient (Wildman–Crippen LogP) is 3.70. The molecule has 0 bridgehead atoms. The maximum Gasteiger partial charge on any atom is 0.103 e. The van der Waals surface area contributed by atoms with E-state index in [0.717, 1.165) is 31.8 Å². The summed E-state index contributed by atoms with van der Waals surface area (Å²) in [6.45, 7) is 9.78. The number of unbranched alkanes of at least 4 members (excludes halogenated alkanes) is 1. The Morgan fingerprint density at radius 3 is 2.50 bits per heavy atom. The molecule has 20 heavy (non-hydrogen) atoms. The second kappa shape index (κ2) is 9.37. The van der Waals surface area contributed by atoms with Gasteiger partial charge in [0.05, 0.1) is 6.07 Å². The molecule has 0 heterocycles. The Hall–Kier alpha value is -0.590. The first kappa shape index (κ1) is 17.5. The molecule has 0 aromatic carbocycles. The third kappa shape index (κ3) is 5.81. The van der Waals surface area contributed by atoms with Crippen molar-refractivity contribution < 1.29 is 0 Å². The molecule has 1 saturated carbocycles. The Morgan fingerprint density at radius 1 is 1.25 bits per heavy atom. The van der Waals surface area contributed by atoms with Crippen LogP contribution in [0.15, 0.2) is 0 Å². The summed E-state index contributed by atoms with van der Waals surface area (Å²) in [6, 6.07) is 3.28. The number of hydrogen-bond donors (Lipinski definition) is 1. The summed E-state index contributed by atoms with van der Waals surface area (Å²) in [7, 11) is 0. The lowest BCUT2D eigenvalue weighted by Crippen LogP contribution is -2.41. The van der Waals surface area contributed by atoms with Gasteiger partial charge in [-0.25, -0.2) is 0 Å².